The Bertz CT molecular complexity index is 1580. The summed E-state index contributed by atoms with van der Waals surface area (Å²) in [5.74, 6) is 1.19. The Labute approximate surface area is 239 Å². The molecule has 0 aromatic heterocycles. The number of nitrogens with one attached hydrogen (secondary N) is 1. The van der Waals surface area contributed by atoms with Crippen molar-refractivity contribution in [3.05, 3.63) is 102 Å². The number of hydrogen-bond acceptors (Lipinski definition) is 6. The van der Waals surface area contributed by atoms with Crippen LogP contribution in [-0.2, 0) is 14.8 Å². The number of amides is 1. The van der Waals surface area contributed by atoms with E-state index in [1.165, 1.54) is 25.3 Å². The summed E-state index contributed by atoms with van der Waals surface area (Å²) in [6.45, 7) is 3.69. The molecule has 0 aliphatic rings. The van der Waals surface area contributed by atoms with Gasteiger partial charge in [-0.1, -0.05) is 41.4 Å². The molecule has 0 saturated heterocycles. The Morgan fingerprint density at radius 1 is 0.900 bits per heavy atom. The standard InChI is InChI=1S/C30H29ClN2O6S/c1-4-38-24-14-16-25(17-15-24)40(35,36)33(23-12-9-21(2)10-13-23)20-30(34)32-26-19-22(31)11-18-27(26)39-29-8-6-5-7-28(29)37-3/h5-19H,4,20H2,1-3H3,(H,32,34). The first kappa shape index (κ1) is 28.8. The zero-order valence-electron chi connectivity index (χ0n) is 22.3. The summed E-state index contributed by atoms with van der Waals surface area (Å²) in [4.78, 5) is 13.4. The van der Waals surface area contributed by atoms with Crippen molar-refractivity contribution in [2.75, 3.05) is 29.9 Å². The van der Waals surface area contributed by atoms with Crippen LogP contribution >= 0.6 is 11.6 Å². The van der Waals surface area contributed by atoms with E-state index >= 15 is 0 Å². The fraction of sp³-hybridized carbons (Fsp3) is 0.167. The number of carbonyl (C=O) groups is 1. The van der Waals surface area contributed by atoms with Crippen LogP contribution in [0.15, 0.2) is 95.9 Å². The molecule has 0 heterocycles. The number of rotatable bonds is 11. The number of hydrogen-bond donors (Lipinski definition) is 1. The Morgan fingerprint density at radius 3 is 2.23 bits per heavy atom. The number of nitrogens with zero attached hydrogens (tertiary/aromatic N) is 1. The third kappa shape index (κ3) is 6.86. The number of anilines is 2. The predicted molar refractivity (Wildman–Crippen MR) is 156 cm³/mol. The maximum absolute atomic E-state index is 13.8. The van der Waals surface area contributed by atoms with Crippen molar-refractivity contribution in [1.29, 1.82) is 0 Å². The first-order valence-electron chi connectivity index (χ1n) is 12.4. The van der Waals surface area contributed by atoms with E-state index in [2.05, 4.69) is 5.32 Å². The van der Waals surface area contributed by atoms with E-state index in [0.717, 1.165) is 9.87 Å². The number of halogens is 1. The molecule has 10 heteroatoms. The zero-order chi connectivity index (χ0) is 28.7. The molecule has 8 nitrogen and oxygen atoms in total. The summed E-state index contributed by atoms with van der Waals surface area (Å²) >= 11 is 6.22. The van der Waals surface area contributed by atoms with E-state index in [0.29, 0.717) is 40.3 Å². The van der Waals surface area contributed by atoms with E-state index in [1.807, 2.05) is 13.8 Å². The van der Waals surface area contributed by atoms with Crippen LogP contribution in [0.2, 0.25) is 5.02 Å². The number of aryl methyl sites for hydroxylation is 1. The molecule has 0 saturated carbocycles. The first-order valence-corrected chi connectivity index (χ1v) is 14.3. The Balaban J connectivity index is 1.64. The van der Waals surface area contributed by atoms with Crippen LogP contribution in [0.25, 0.3) is 0 Å². The molecule has 0 unspecified atom stereocenters. The molecule has 40 heavy (non-hydrogen) atoms. The molecule has 4 rings (SSSR count). The molecule has 4 aromatic rings. The highest BCUT2D eigenvalue weighted by atomic mass is 35.5. The topological polar surface area (TPSA) is 94.2 Å². The van der Waals surface area contributed by atoms with Crippen LogP contribution in [0.5, 0.6) is 23.0 Å². The molecule has 4 aromatic carbocycles. The fourth-order valence-electron chi connectivity index (χ4n) is 3.86. The Kier molecular flexibility index (Phi) is 9.19. The number of para-hydroxylation sites is 2. The second-order valence-corrected chi connectivity index (χ2v) is 11.0. The number of methoxy groups -OCH3 is 1. The van der Waals surface area contributed by atoms with Gasteiger partial charge in [-0.05, 0) is 80.6 Å². The second kappa shape index (κ2) is 12.8. The van der Waals surface area contributed by atoms with Crippen LogP contribution in [0, 0.1) is 6.92 Å². The molecule has 0 aliphatic heterocycles. The average Bonchev–Trinajstić information content (AvgIpc) is 2.94. The largest absolute Gasteiger partial charge is 0.494 e. The summed E-state index contributed by atoms with van der Waals surface area (Å²) < 4.78 is 45.4. The molecular weight excluding hydrogens is 552 g/mol. The van der Waals surface area contributed by atoms with Gasteiger partial charge in [-0.25, -0.2) is 8.42 Å². The minimum absolute atomic E-state index is 0.0206. The normalized spacial score (nSPS) is 11.0. The van der Waals surface area contributed by atoms with Gasteiger partial charge in [0.15, 0.2) is 17.2 Å². The lowest BCUT2D eigenvalue weighted by molar-refractivity contribution is -0.114. The molecule has 0 spiro atoms. The second-order valence-electron chi connectivity index (χ2n) is 8.69. The van der Waals surface area contributed by atoms with Crippen molar-refractivity contribution in [1.82, 2.24) is 0 Å². The average molecular weight is 581 g/mol. The molecule has 0 aliphatic carbocycles. The maximum atomic E-state index is 13.8. The van der Waals surface area contributed by atoms with Crippen LogP contribution in [0.1, 0.15) is 12.5 Å². The van der Waals surface area contributed by atoms with Gasteiger partial charge in [0.25, 0.3) is 10.0 Å². The van der Waals surface area contributed by atoms with Crippen molar-refractivity contribution in [2.45, 2.75) is 18.7 Å². The van der Waals surface area contributed by atoms with Gasteiger partial charge in [0.2, 0.25) is 5.91 Å². The Hall–Kier alpha value is -4.21. The SMILES string of the molecule is CCOc1ccc(S(=O)(=O)N(CC(=O)Nc2cc(Cl)ccc2Oc2ccccc2OC)c2ccc(C)cc2)cc1. The van der Waals surface area contributed by atoms with E-state index in [1.54, 1.807) is 72.8 Å². The summed E-state index contributed by atoms with van der Waals surface area (Å²) in [6.07, 6.45) is 0. The molecule has 0 radical (unpaired) electrons. The first-order chi connectivity index (χ1) is 19.2. The van der Waals surface area contributed by atoms with Gasteiger partial charge in [0, 0.05) is 5.02 Å². The van der Waals surface area contributed by atoms with E-state index in [-0.39, 0.29) is 10.6 Å². The lowest BCUT2D eigenvalue weighted by Crippen LogP contribution is -2.38. The van der Waals surface area contributed by atoms with Crippen molar-refractivity contribution >= 4 is 38.9 Å². The quantitative estimate of drug-likeness (QED) is 0.213. The zero-order valence-corrected chi connectivity index (χ0v) is 23.8. The minimum atomic E-state index is -4.12. The smallest absolute Gasteiger partial charge is 0.264 e. The van der Waals surface area contributed by atoms with Gasteiger partial charge in [-0.15, -0.1) is 0 Å². The summed E-state index contributed by atoms with van der Waals surface area (Å²) in [5, 5.41) is 3.12. The van der Waals surface area contributed by atoms with Gasteiger partial charge >= 0.3 is 0 Å². The van der Waals surface area contributed by atoms with Crippen LogP contribution in [0.3, 0.4) is 0 Å². The summed E-state index contributed by atoms with van der Waals surface area (Å²) in [5.41, 5.74) is 1.56. The van der Waals surface area contributed by atoms with Gasteiger partial charge in [-0.3, -0.25) is 9.10 Å². The monoisotopic (exact) mass is 580 g/mol. The Morgan fingerprint density at radius 2 is 1.57 bits per heavy atom. The number of carbonyl (C=O) groups excluding carboxylic acids is 1. The van der Waals surface area contributed by atoms with Crippen LogP contribution in [0.4, 0.5) is 11.4 Å². The third-order valence-electron chi connectivity index (χ3n) is 5.84. The number of ether oxygens (including phenoxy) is 3. The van der Waals surface area contributed by atoms with Gasteiger partial charge in [0.1, 0.15) is 12.3 Å². The van der Waals surface area contributed by atoms with Crippen LogP contribution < -0.4 is 23.8 Å². The van der Waals surface area contributed by atoms with E-state index in [9.17, 15) is 13.2 Å². The molecule has 0 bridgehead atoms. The highest BCUT2D eigenvalue weighted by molar-refractivity contribution is 7.92. The van der Waals surface area contributed by atoms with E-state index < -0.39 is 22.5 Å². The highest BCUT2D eigenvalue weighted by Crippen LogP contribution is 2.36. The predicted octanol–water partition coefficient (Wildman–Crippen LogP) is 6.68. The molecular formula is C30H29ClN2O6S. The van der Waals surface area contributed by atoms with Gasteiger partial charge in [0.05, 0.1) is 30.0 Å². The number of benzene rings is 4. The van der Waals surface area contributed by atoms with E-state index in [4.69, 9.17) is 25.8 Å². The van der Waals surface area contributed by atoms with Crippen molar-refractivity contribution in [3.8, 4) is 23.0 Å². The van der Waals surface area contributed by atoms with Crippen molar-refractivity contribution in [2.24, 2.45) is 0 Å². The molecule has 1 amide bonds. The fourth-order valence-corrected chi connectivity index (χ4v) is 5.45. The molecule has 0 fully saturated rings. The van der Waals surface area contributed by atoms with Gasteiger partial charge in [-0.2, -0.15) is 0 Å². The lowest BCUT2D eigenvalue weighted by atomic mass is 10.2. The third-order valence-corrected chi connectivity index (χ3v) is 7.86. The molecule has 208 valence electrons. The molecule has 1 N–H and O–H groups in total. The summed E-state index contributed by atoms with van der Waals surface area (Å²) in [6, 6.07) is 24.8. The lowest BCUT2D eigenvalue weighted by Gasteiger charge is -2.24. The highest BCUT2D eigenvalue weighted by Gasteiger charge is 2.28. The van der Waals surface area contributed by atoms with Crippen molar-refractivity contribution in [3.63, 3.8) is 0 Å². The maximum Gasteiger partial charge on any atom is 0.264 e. The number of sulfonamides is 1. The van der Waals surface area contributed by atoms with Crippen molar-refractivity contribution < 1.29 is 27.4 Å². The van der Waals surface area contributed by atoms with Gasteiger partial charge < -0.3 is 19.5 Å². The van der Waals surface area contributed by atoms with Crippen LogP contribution in [-0.4, -0.2) is 34.6 Å². The summed E-state index contributed by atoms with van der Waals surface area (Å²) in [7, 11) is -2.59. The minimum Gasteiger partial charge on any atom is -0.494 e. The molecule has 0 atom stereocenters.